The van der Waals surface area contributed by atoms with Gasteiger partial charge in [0.15, 0.2) is 0 Å². The van der Waals surface area contributed by atoms with Gasteiger partial charge in [-0.25, -0.2) is 0 Å². The molecule has 0 aromatic heterocycles. The van der Waals surface area contributed by atoms with E-state index in [-0.39, 0.29) is 11.5 Å². The maximum Gasteiger partial charge on any atom is 0.501 e. The van der Waals surface area contributed by atoms with E-state index in [0.29, 0.717) is 50.2 Å². The first-order valence-corrected chi connectivity index (χ1v) is 20.1. The van der Waals surface area contributed by atoms with Crippen LogP contribution in [0.1, 0.15) is 126 Å². The normalized spacial score (nSPS) is 33.8. The van der Waals surface area contributed by atoms with Crippen LogP contribution in [0.15, 0.2) is 23.3 Å². The van der Waals surface area contributed by atoms with E-state index >= 15 is 0 Å². The van der Waals surface area contributed by atoms with Crippen LogP contribution < -0.4 is 0 Å². The van der Waals surface area contributed by atoms with E-state index in [1.165, 1.54) is 51.4 Å². The number of hydrogen-bond acceptors (Lipinski definition) is 5. The van der Waals surface area contributed by atoms with Crippen LogP contribution in [0.2, 0.25) is 6.04 Å². The number of aliphatic hydroxyl groups is 1. The third-order valence-electron chi connectivity index (χ3n) is 12.1. The highest BCUT2D eigenvalue weighted by molar-refractivity contribution is 6.60. The van der Waals surface area contributed by atoms with Crippen LogP contribution in [-0.4, -0.2) is 52.5 Å². The Hall–Kier alpha value is -0.503. The van der Waals surface area contributed by atoms with Crippen molar-refractivity contribution in [2.24, 2.45) is 40.4 Å². The fraction of sp³-hybridized carbons (Fsp3) is 0.892. The molecule has 3 saturated carbocycles. The zero-order chi connectivity index (χ0) is 31.3. The summed E-state index contributed by atoms with van der Waals surface area (Å²) >= 11 is 0. The number of fused-ring (bicyclic) bond motifs is 5. The smallest absolute Gasteiger partial charge is 0.391 e. The lowest BCUT2D eigenvalue weighted by atomic mass is 9.50. The molecule has 4 aliphatic carbocycles. The Labute approximate surface area is 265 Å². The molecule has 248 valence electrons. The summed E-state index contributed by atoms with van der Waals surface area (Å²) in [6.07, 6.45) is 18.3. The largest absolute Gasteiger partial charge is 0.501 e. The van der Waals surface area contributed by atoms with E-state index in [9.17, 15) is 5.11 Å². The van der Waals surface area contributed by atoms with Crippen LogP contribution >= 0.6 is 0 Å². The average Bonchev–Trinajstić information content (AvgIpc) is 3.32. The zero-order valence-electron chi connectivity index (χ0n) is 29.1. The fourth-order valence-corrected chi connectivity index (χ4v) is 12.5. The lowest BCUT2D eigenvalue weighted by Crippen LogP contribution is -2.47. The molecule has 0 radical (unpaired) electrons. The molecule has 0 bridgehead atoms. The Morgan fingerprint density at radius 3 is 2.21 bits per heavy atom. The van der Waals surface area contributed by atoms with E-state index in [1.807, 2.05) is 20.8 Å². The van der Waals surface area contributed by atoms with Gasteiger partial charge in [0.25, 0.3) is 0 Å². The number of allylic oxidation sites excluding steroid dienone is 3. The Morgan fingerprint density at radius 2 is 1.56 bits per heavy atom. The Kier molecular flexibility index (Phi) is 12.7. The molecule has 4 aliphatic rings. The molecule has 0 aromatic rings. The predicted octanol–water partition coefficient (Wildman–Crippen LogP) is 9.13. The molecular formula is C37H66O5Si. The second kappa shape index (κ2) is 15.4. The van der Waals surface area contributed by atoms with Crippen molar-refractivity contribution in [3.8, 4) is 0 Å². The second-order valence-electron chi connectivity index (χ2n) is 15.3. The molecule has 5 nitrogen and oxygen atoms in total. The van der Waals surface area contributed by atoms with Gasteiger partial charge in [0.2, 0.25) is 0 Å². The molecule has 4 rings (SSSR count). The van der Waals surface area contributed by atoms with Crippen LogP contribution in [-0.2, 0) is 18.0 Å². The summed E-state index contributed by atoms with van der Waals surface area (Å²) in [5.41, 5.74) is 4.12. The average molecular weight is 619 g/mol. The number of rotatable bonds is 17. The Morgan fingerprint density at radius 1 is 0.860 bits per heavy atom. The van der Waals surface area contributed by atoms with E-state index in [1.54, 1.807) is 11.1 Å². The van der Waals surface area contributed by atoms with Crippen LogP contribution in [0.25, 0.3) is 0 Å². The van der Waals surface area contributed by atoms with Gasteiger partial charge in [-0.05, 0) is 113 Å². The lowest BCUT2D eigenvalue weighted by molar-refractivity contribution is -0.0366. The highest BCUT2D eigenvalue weighted by Gasteiger charge is 2.57. The van der Waals surface area contributed by atoms with Crippen LogP contribution in [0.4, 0.5) is 0 Å². The summed E-state index contributed by atoms with van der Waals surface area (Å²) in [6, 6.07) is 0.619. The van der Waals surface area contributed by atoms with Crippen molar-refractivity contribution in [1.82, 2.24) is 0 Å². The molecular weight excluding hydrogens is 552 g/mol. The molecule has 6 heteroatoms. The molecule has 1 N–H and O–H groups in total. The minimum atomic E-state index is -2.74. The SMILES string of the molecule is CCO[Si](CCC(O)CO[C@H]1CC[C@@]2(C)C(=CC=C3[C@@H]4CC[C@H]([C@H](C)CCCC(C)C)[C@@]4(C)CC[C@@H]32)C1)(OCC)OCC. The van der Waals surface area contributed by atoms with Gasteiger partial charge in [0, 0.05) is 25.9 Å². The predicted molar refractivity (Wildman–Crippen MR) is 179 cm³/mol. The first kappa shape index (κ1) is 35.4. The first-order chi connectivity index (χ1) is 20.5. The van der Waals surface area contributed by atoms with Gasteiger partial charge in [0.1, 0.15) is 0 Å². The molecule has 0 saturated heterocycles. The molecule has 0 amide bonds. The lowest BCUT2D eigenvalue weighted by Gasteiger charge is -2.55. The van der Waals surface area contributed by atoms with E-state index in [4.69, 9.17) is 18.0 Å². The number of ether oxygens (including phenoxy) is 1. The zero-order valence-corrected chi connectivity index (χ0v) is 30.1. The maximum absolute atomic E-state index is 10.8. The molecule has 0 heterocycles. The molecule has 0 spiro atoms. The minimum absolute atomic E-state index is 0.188. The van der Waals surface area contributed by atoms with Gasteiger partial charge in [-0.2, -0.15) is 0 Å². The summed E-state index contributed by atoms with van der Waals surface area (Å²) in [5, 5.41) is 10.8. The molecule has 0 aliphatic heterocycles. The van der Waals surface area contributed by atoms with Gasteiger partial charge >= 0.3 is 8.80 Å². The van der Waals surface area contributed by atoms with Gasteiger partial charge < -0.3 is 23.1 Å². The van der Waals surface area contributed by atoms with Gasteiger partial charge in [0.05, 0.1) is 18.8 Å². The number of aliphatic hydroxyl groups excluding tert-OH is 1. The molecule has 8 atom stereocenters. The summed E-state index contributed by atoms with van der Waals surface area (Å²) in [4.78, 5) is 0. The quantitative estimate of drug-likeness (QED) is 0.165. The van der Waals surface area contributed by atoms with E-state index < -0.39 is 14.9 Å². The topological polar surface area (TPSA) is 57.2 Å². The molecule has 1 unspecified atom stereocenters. The van der Waals surface area contributed by atoms with E-state index in [2.05, 4.69) is 46.8 Å². The molecule has 0 aromatic carbocycles. The van der Waals surface area contributed by atoms with Crippen molar-refractivity contribution >= 4 is 8.80 Å². The first-order valence-electron chi connectivity index (χ1n) is 18.1. The monoisotopic (exact) mass is 618 g/mol. The number of hydrogen-bond donors (Lipinski definition) is 1. The minimum Gasteiger partial charge on any atom is -0.391 e. The van der Waals surface area contributed by atoms with Crippen molar-refractivity contribution in [3.63, 3.8) is 0 Å². The highest BCUT2D eigenvalue weighted by Crippen LogP contribution is 2.66. The van der Waals surface area contributed by atoms with Gasteiger partial charge in [-0.15, -0.1) is 0 Å². The standard InChI is InChI=1S/C37H66O5Si/c1-9-40-43(41-10-2,42-11-3)24-21-30(38)26-39-31-19-22-36(7)29(25-31)15-16-32-34-18-17-33(28(6)14-12-13-27(4)5)37(34,8)23-20-35(32)36/h15-16,27-28,30-31,33-35,38H,9-14,17-26H2,1-8H3/t28-,30?,31+,33-,34+,35+,36+,37-/m1/s1. The van der Waals surface area contributed by atoms with Crippen LogP contribution in [0.5, 0.6) is 0 Å². The highest BCUT2D eigenvalue weighted by atomic mass is 28.4. The summed E-state index contributed by atoms with van der Waals surface area (Å²) in [7, 11) is -2.74. The summed E-state index contributed by atoms with van der Waals surface area (Å²) in [5.74, 6) is 4.01. The van der Waals surface area contributed by atoms with E-state index in [0.717, 1.165) is 36.5 Å². The third kappa shape index (κ3) is 7.90. The molecule has 3 fully saturated rings. The van der Waals surface area contributed by atoms with Crippen molar-refractivity contribution in [3.05, 3.63) is 23.3 Å². The van der Waals surface area contributed by atoms with Crippen molar-refractivity contribution in [1.29, 1.82) is 0 Å². The van der Waals surface area contributed by atoms with Crippen molar-refractivity contribution < 1.29 is 23.1 Å². The maximum atomic E-state index is 10.8. The third-order valence-corrected chi connectivity index (χ3v) is 15.2. The Bertz CT molecular complexity index is 930. The van der Waals surface area contributed by atoms with Crippen molar-refractivity contribution in [2.45, 2.75) is 144 Å². The van der Waals surface area contributed by atoms with Crippen LogP contribution in [0, 0.1) is 40.4 Å². The van der Waals surface area contributed by atoms with Crippen molar-refractivity contribution in [2.75, 3.05) is 26.4 Å². The van der Waals surface area contributed by atoms with Gasteiger partial charge in [-0.1, -0.05) is 77.2 Å². The van der Waals surface area contributed by atoms with Gasteiger partial charge in [-0.3, -0.25) is 0 Å². The second-order valence-corrected chi connectivity index (χ2v) is 18.0. The summed E-state index contributed by atoms with van der Waals surface area (Å²) < 4.78 is 24.3. The Balaban J connectivity index is 1.34. The fourth-order valence-electron chi connectivity index (χ4n) is 9.81. The molecule has 43 heavy (non-hydrogen) atoms. The summed E-state index contributed by atoms with van der Waals surface area (Å²) in [6.45, 7) is 20.5. The van der Waals surface area contributed by atoms with Crippen LogP contribution in [0.3, 0.4) is 0 Å².